The molecule has 0 amide bonds. The molecule has 1 aromatic carbocycles. The van der Waals surface area contributed by atoms with Crippen molar-refractivity contribution in [1.29, 1.82) is 0 Å². The first-order valence-corrected chi connectivity index (χ1v) is 7.50. The fourth-order valence-corrected chi connectivity index (χ4v) is 2.59. The summed E-state index contributed by atoms with van der Waals surface area (Å²) in [6.45, 7) is 2.67. The largest absolute Gasteiger partial charge is 0.361 e. The standard InChI is InChI=1S/C16H14ClFN4O/c1-2-22-14-9-19-6-5-13(14)21-15(16(22)23)20-8-10-3-4-11(18)7-12(10)17/h3-7,9H,2,8H2,1H3,(H,20,21). The van der Waals surface area contributed by atoms with Gasteiger partial charge >= 0.3 is 0 Å². The first-order valence-electron chi connectivity index (χ1n) is 7.12. The monoisotopic (exact) mass is 332 g/mol. The molecule has 0 aliphatic rings. The lowest BCUT2D eigenvalue weighted by molar-refractivity contribution is 0.627. The van der Waals surface area contributed by atoms with Crippen LogP contribution in [0, 0.1) is 5.82 Å². The van der Waals surface area contributed by atoms with Gasteiger partial charge in [-0.3, -0.25) is 9.78 Å². The van der Waals surface area contributed by atoms with Crippen molar-refractivity contribution in [2.75, 3.05) is 5.32 Å². The predicted molar refractivity (Wildman–Crippen MR) is 88.2 cm³/mol. The summed E-state index contributed by atoms with van der Waals surface area (Å²) in [6.07, 6.45) is 3.24. The molecule has 23 heavy (non-hydrogen) atoms. The zero-order valence-electron chi connectivity index (χ0n) is 12.4. The summed E-state index contributed by atoms with van der Waals surface area (Å²) in [7, 11) is 0. The minimum atomic E-state index is -0.400. The zero-order chi connectivity index (χ0) is 16.4. The SMILES string of the molecule is CCn1c(=O)c(NCc2ccc(F)cc2Cl)nc2ccncc21. The van der Waals surface area contributed by atoms with Gasteiger partial charge in [-0.2, -0.15) is 0 Å². The molecular weight excluding hydrogens is 319 g/mol. The van der Waals surface area contributed by atoms with Crippen LogP contribution in [0.3, 0.4) is 0 Å². The van der Waals surface area contributed by atoms with Crippen molar-refractivity contribution in [3.05, 3.63) is 63.4 Å². The van der Waals surface area contributed by atoms with Crippen LogP contribution in [0.5, 0.6) is 0 Å². The molecule has 0 fully saturated rings. The van der Waals surface area contributed by atoms with Crippen LogP contribution in [0.1, 0.15) is 12.5 Å². The maximum Gasteiger partial charge on any atom is 0.293 e. The van der Waals surface area contributed by atoms with Gasteiger partial charge in [0, 0.05) is 24.3 Å². The highest BCUT2D eigenvalue weighted by Gasteiger charge is 2.10. The Labute approximate surface area is 136 Å². The number of halogens is 2. The molecule has 0 aliphatic carbocycles. The van der Waals surface area contributed by atoms with Gasteiger partial charge in [-0.1, -0.05) is 17.7 Å². The van der Waals surface area contributed by atoms with Gasteiger partial charge in [0.15, 0.2) is 5.82 Å². The highest BCUT2D eigenvalue weighted by atomic mass is 35.5. The number of nitrogens with zero attached hydrogens (tertiary/aromatic N) is 3. The topological polar surface area (TPSA) is 59.8 Å². The Morgan fingerprint density at radius 3 is 2.91 bits per heavy atom. The van der Waals surface area contributed by atoms with Crippen LogP contribution >= 0.6 is 11.6 Å². The highest BCUT2D eigenvalue weighted by Crippen LogP contribution is 2.18. The average molecular weight is 333 g/mol. The van der Waals surface area contributed by atoms with Crippen LogP contribution in [0.25, 0.3) is 11.0 Å². The molecule has 3 aromatic rings. The maximum absolute atomic E-state index is 13.1. The van der Waals surface area contributed by atoms with Gasteiger partial charge in [0.1, 0.15) is 5.82 Å². The normalized spacial score (nSPS) is 10.9. The van der Waals surface area contributed by atoms with Crippen LogP contribution < -0.4 is 10.9 Å². The summed E-state index contributed by atoms with van der Waals surface area (Å²) < 4.78 is 14.7. The zero-order valence-corrected chi connectivity index (χ0v) is 13.1. The first kappa shape index (κ1) is 15.4. The molecule has 0 atom stereocenters. The number of aromatic nitrogens is 3. The lowest BCUT2D eigenvalue weighted by Gasteiger charge is -2.11. The molecule has 118 valence electrons. The lowest BCUT2D eigenvalue weighted by atomic mass is 10.2. The molecule has 0 bridgehead atoms. The third kappa shape index (κ3) is 3.03. The van der Waals surface area contributed by atoms with Crippen molar-refractivity contribution < 1.29 is 4.39 Å². The van der Waals surface area contributed by atoms with E-state index in [9.17, 15) is 9.18 Å². The molecule has 2 heterocycles. The van der Waals surface area contributed by atoms with Gasteiger partial charge in [-0.25, -0.2) is 9.37 Å². The fourth-order valence-electron chi connectivity index (χ4n) is 2.36. The summed E-state index contributed by atoms with van der Waals surface area (Å²) in [5.41, 5.74) is 1.82. The van der Waals surface area contributed by atoms with Gasteiger partial charge in [0.2, 0.25) is 0 Å². The Morgan fingerprint density at radius 2 is 2.17 bits per heavy atom. The molecule has 0 radical (unpaired) electrons. The van der Waals surface area contributed by atoms with Crippen LogP contribution in [0.15, 0.2) is 41.5 Å². The number of anilines is 1. The molecule has 0 saturated carbocycles. The molecule has 1 N–H and O–H groups in total. The average Bonchev–Trinajstić information content (AvgIpc) is 2.54. The molecule has 0 saturated heterocycles. The second-order valence-electron chi connectivity index (χ2n) is 4.96. The summed E-state index contributed by atoms with van der Waals surface area (Å²) in [4.78, 5) is 20.9. The molecule has 0 spiro atoms. The summed E-state index contributed by atoms with van der Waals surface area (Å²) in [5, 5.41) is 3.29. The summed E-state index contributed by atoms with van der Waals surface area (Å²) in [5.74, 6) is -0.172. The summed E-state index contributed by atoms with van der Waals surface area (Å²) in [6, 6.07) is 5.89. The van der Waals surface area contributed by atoms with Crippen LogP contribution in [0.4, 0.5) is 10.2 Å². The number of hydrogen-bond acceptors (Lipinski definition) is 4. The maximum atomic E-state index is 13.1. The van der Waals surface area contributed by atoms with E-state index in [1.54, 1.807) is 29.1 Å². The lowest BCUT2D eigenvalue weighted by Crippen LogP contribution is -2.25. The summed E-state index contributed by atoms with van der Waals surface area (Å²) >= 11 is 6.00. The van der Waals surface area contributed by atoms with E-state index in [1.807, 2.05) is 6.92 Å². The van der Waals surface area contributed by atoms with Crippen molar-refractivity contribution in [3.8, 4) is 0 Å². The van der Waals surface area contributed by atoms with Crippen LogP contribution in [-0.4, -0.2) is 14.5 Å². The number of pyridine rings is 1. The second kappa shape index (κ2) is 6.34. The van der Waals surface area contributed by atoms with Gasteiger partial charge < -0.3 is 9.88 Å². The molecular formula is C16H14ClFN4O. The van der Waals surface area contributed by atoms with Crippen molar-refractivity contribution >= 4 is 28.5 Å². The van der Waals surface area contributed by atoms with Crippen molar-refractivity contribution in [3.63, 3.8) is 0 Å². The molecule has 0 aliphatic heterocycles. The van der Waals surface area contributed by atoms with Gasteiger partial charge in [0.05, 0.1) is 17.2 Å². The number of aryl methyl sites for hydroxylation is 1. The van der Waals surface area contributed by atoms with E-state index in [1.165, 1.54) is 12.1 Å². The third-order valence-electron chi connectivity index (χ3n) is 3.53. The molecule has 7 heteroatoms. The Bertz CT molecular complexity index is 926. The second-order valence-corrected chi connectivity index (χ2v) is 5.37. The molecule has 0 unspecified atom stereocenters. The molecule has 2 aromatic heterocycles. The Morgan fingerprint density at radius 1 is 1.35 bits per heavy atom. The van der Waals surface area contributed by atoms with E-state index >= 15 is 0 Å². The van der Waals surface area contributed by atoms with Gasteiger partial charge in [-0.15, -0.1) is 0 Å². The fraction of sp³-hybridized carbons (Fsp3) is 0.188. The number of nitrogens with one attached hydrogen (secondary N) is 1. The number of rotatable bonds is 4. The van der Waals surface area contributed by atoms with Gasteiger partial charge in [0.25, 0.3) is 5.56 Å². The van der Waals surface area contributed by atoms with Crippen molar-refractivity contribution in [2.45, 2.75) is 20.0 Å². The molecule has 3 rings (SSSR count). The van der Waals surface area contributed by atoms with E-state index in [0.29, 0.717) is 28.2 Å². The van der Waals surface area contributed by atoms with E-state index < -0.39 is 5.82 Å². The number of fused-ring (bicyclic) bond motifs is 1. The minimum Gasteiger partial charge on any atom is -0.361 e. The smallest absolute Gasteiger partial charge is 0.293 e. The number of hydrogen-bond donors (Lipinski definition) is 1. The third-order valence-corrected chi connectivity index (χ3v) is 3.88. The van der Waals surface area contributed by atoms with Crippen LogP contribution in [-0.2, 0) is 13.1 Å². The minimum absolute atomic E-state index is 0.228. The highest BCUT2D eigenvalue weighted by molar-refractivity contribution is 6.31. The first-order chi connectivity index (χ1) is 11.1. The van der Waals surface area contributed by atoms with Crippen molar-refractivity contribution in [1.82, 2.24) is 14.5 Å². The van der Waals surface area contributed by atoms with E-state index in [2.05, 4.69) is 15.3 Å². The van der Waals surface area contributed by atoms with Crippen molar-refractivity contribution in [2.24, 2.45) is 0 Å². The number of benzene rings is 1. The van der Waals surface area contributed by atoms with E-state index in [4.69, 9.17) is 11.6 Å². The van der Waals surface area contributed by atoms with E-state index in [-0.39, 0.29) is 17.9 Å². The quantitative estimate of drug-likeness (QED) is 0.797. The molecule has 5 nitrogen and oxygen atoms in total. The van der Waals surface area contributed by atoms with E-state index in [0.717, 1.165) is 0 Å². The van der Waals surface area contributed by atoms with Gasteiger partial charge in [-0.05, 0) is 30.7 Å². The predicted octanol–water partition coefficient (Wildman–Crippen LogP) is 3.22. The Hall–Kier alpha value is -2.47. The van der Waals surface area contributed by atoms with Crippen LogP contribution in [0.2, 0.25) is 5.02 Å². The Balaban J connectivity index is 1.97. The Kier molecular flexibility index (Phi) is 4.25.